The predicted molar refractivity (Wildman–Crippen MR) is 230 cm³/mol. The number of nitrogens with zero attached hydrogens (tertiary/aromatic N) is 6. The van der Waals surface area contributed by atoms with E-state index in [0.717, 1.165) is 144 Å². The third-order valence-corrected chi connectivity index (χ3v) is 10.1. The van der Waals surface area contributed by atoms with Crippen molar-refractivity contribution in [2.45, 2.75) is 60.8 Å². The molecule has 0 bridgehead atoms. The van der Waals surface area contributed by atoms with Crippen molar-refractivity contribution < 1.29 is 28.6 Å². The Balaban J connectivity index is 0. The molecule has 0 aromatic heterocycles. The number of carbonyl (C=O) groups is 3. The fourth-order valence-electron chi connectivity index (χ4n) is 5.85. The molecule has 0 spiro atoms. The van der Waals surface area contributed by atoms with Crippen LogP contribution in [0.1, 0.15) is 60.8 Å². The van der Waals surface area contributed by atoms with Crippen molar-refractivity contribution in [2.24, 2.45) is 5.73 Å². The van der Waals surface area contributed by atoms with Crippen molar-refractivity contribution in [3.05, 3.63) is 0 Å². The lowest BCUT2D eigenvalue weighted by molar-refractivity contribution is -0.141. The Hall–Kier alpha value is -1.99. The number of likely N-dealkylation sites (N-methyl/N-ethyl adjacent to an activating group) is 6. The quantitative estimate of drug-likeness (QED) is 0.0384. The van der Waals surface area contributed by atoms with E-state index in [4.69, 9.17) is 5.73 Å². The van der Waals surface area contributed by atoms with Crippen LogP contribution in [0.25, 0.3) is 0 Å². The largest absolute Gasteiger partial charge is 0.469 e. The van der Waals surface area contributed by atoms with Gasteiger partial charge in [0.2, 0.25) is 0 Å². The van der Waals surface area contributed by atoms with E-state index in [-0.39, 0.29) is 17.9 Å². The van der Waals surface area contributed by atoms with Crippen LogP contribution in [-0.4, -0.2) is 232 Å². The highest BCUT2D eigenvalue weighted by atomic mass is 16.5. The van der Waals surface area contributed by atoms with Crippen molar-refractivity contribution in [3.8, 4) is 0 Å². The van der Waals surface area contributed by atoms with E-state index >= 15 is 0 Å². The third kappa shape index (κ3) is 34.1. The fourth-order valence-corrected chi connectivity index (χ4v) is 5.85. The summed E-state index contributed by atoms with van der Waals surface area (Å²) >= 11 is 0. The molecule has 5 N–H and O–H groups in total. The monoisotopic (exact) mass is 805 g/mol. The smallest absolute Gasteiger partial charge is 0.306 e. The Bertz CT molecular complexity index is 872. The van der Waals surface area contributed by atoms with E-state index in [9.17, 15) is 14.4 Å². The maximum absolute atomic E-state index is 11.1. The summed E-state index contributed by atoms with van der Waals surface area (Å²) in [6, 6.07) is 0. The first-order valence-electron chi connectivity index (χ1n) is 21.5. The number of hydrogen-bond acceptors (Lipinski definition) is 16. The molecule has 334 valence electrons. The fraction of sp³-hybridized carbons (Fsp3) is 0.925. The SMILES string of the molecule is CCN(CCN)CCN(CC)CCN(CC)CCNCCC(=O)OC.CCN(CCNCCC(=O)OC)CCN(CC)CCN(CC)CCNCCC(=O)OC. The Morgan fingerprint density at radius 3 is 0.786 bits per heavy atom. The van der Waals surface area contributed by atoms with Crippen LogP contribution < -0.4 is 21.7 Å². The average Bonchev–Trinajstić information content (AvgIpc) is 3.22. The first-order valence-corrected chi connectivity index (χ1v) is 21.5. The number of ether oxygens (including phenoxy) is 3. The summed E-state index contributed by atoms with van der Waals surface area (Å²) in [5.74, 6) is -0.498. The summed E-state index contributed by atoms with van der Waals surface area (Å²) < 4.78 is 13.9. The lowest BCUT2D eigenvalue weighted by atomic mass is 10.3. The zero-order valence-electron chi connectivity index (χ0n) is 37.5. The molecule has 0 rings (SSSR count). The van der Waals surface area contributed by atoms with Crippen LogP contribution >= 0.6 is 0 Å². The molecule has 0 heterocycles. The zero-order chi connectivity index (χ0) is 42.2. The third-order valence-electron chi connectivity index (χ3n) is 10.1. The van der Waals surface area contributed by atoms with Gasteiger partial charge in [-0.2, -0.15) is 0 Å². The van der Waals surface area contributed by atoms with Crippen LogP contribution in [0.4, 0.5) is 0 Å². The molecule has 16 heteroatoms. The van der Waals surface area contributed by atoms with Crippen molar-refractivity contribution in [3.63, 3.8) is 0 Å². The number of carbonyl (C=O) groups excluding carboxylic acids is 3. The average molecular weight is 805 g/mol. The highest BCUT2D eigenvalue weighted by Gasteiger charge is 2.11. The summed E-state index contributed by atoms with van der Waals surface area (Å²) in [4.78, 5) is 48.1. The van der Waals surface area contributed by atoms with E-state index in [1.807, 2.05) is 0 Å². The van der Waals surface area contributed by atoms with Crippen molar-refractivity contribution >= 4 is 17.9 Å². The van der Waals surface area contributed by atoms with Gasteiger partial charge in [-0.25, -0.2) is 0 Å². The molecular weight excluding hydrogens is 717 g/mol. The van der Waals surface area contributed by atoms with Gasteiger partial charge in [-0.05, 0) is 39.3 Å². The second kappa shape index (κ2) is 41.2. The Morgan fingerprint density at radius 2 is 0.589 bits per heavy atom. The van der Waals surface area contributed by atoms with Gasteiger partial charge in [0.05, 0.1) is 40.6 Å². The van der Waals surface area contributed by atoms with Crippen LogP contribution in [0, 0.1) is 0 Å². The lowest BCUT2D eigenvalue weighted by Crippen LogP contribution is -2.42. The maximum atomic E-state index is 11.1. The molecule has 0 amide bonds. The first-order chi connectivity index (χ1) is 27.1. The molecule has 0 atom stereocenters. The molecule has 16 nitrogen and oxygen atoms in total. The number of rotatable bonds is 38. The molecule has 0 aromatic rings. The molecule has 0 saturated carbocycles. The van der Waals surface area contributed by atoms with Crippen LogP contribution in [0.15, 0.2) is 0 Å². The van der Waals surface area contributed by atoms with Gasteiger partial charge >= 0.3 is 17.9 Å². The molecule has 56 heavy (non-hydrogen) atoms. The van der Waals surface area contributed by atoms with Gasteiger partial charge in [0.15, 0.2) is 0 Å². The second-order valence-electron chi connectivity index (χ2n) is 13.6. The van der Waals surface area contributed by atoms with Crippen LogP contribution in [0.3, 0.4) is 0 Å². The molecule has 0 aliphatic carbocycles. The topological polar surface area (TPSA) is 160 Å². The minimum absolute atomic E-state index is 0.158. The summed E-state index contributed by atoms with van der Waals surface area (Å²) in [6.45, 7) is 37.4. The van der Waals surface area contributed by atoms with Crippen LogP contribution in [0.2, 0.25) is 0 Å². The Labute approximate surface area is 342 Å². The van der Waals surface area contributed by atoms with Gasteiger partial charge in [0.25, 0.3) is 0 Å². The lowest BCUT2D eigenvalue weighted by Gasteiger charge is -2.28. The van der Waals surface area contributed by atoms with Gasteiger partial charge in [-0.3, -0.25) is 14.4 Å². The second-order valence-corrected chi connectivity index (χ2v) is 13.6. The number of hydrogen-bond donors (Lipinski definition) is 4. The van der Waals surface area contributed by atoms with Crippen molar-refractivity contribution in [1.29, 1.82) is 0 Å². The molecule has 0 aliphatic heterocycles. The number of methoxy groups -OCH3 is 3. The van der Waals surface area contributed by atoms with Crippen LogP contribution in [0.5, 0.6) is 0 Å². The molecule has 0 aliphatic rings. The molecule has 0 fully saturated rings. The standard InChI is InChI=1S/C22H47N5O4.C18H41N5O2/c1-6-25(15-13-23-11-9-21(28)30-4)17-19-27(8-3)20-18-26(7-2)16-14-24-12-10-22(29)31-5;1-5-21(12-9-19)14-16-23(7-3)17-15-22(6-2)13-11-20-10-8-18(24)25-4/h23-24H,6-20H2,1-5H3;20H,5-17,19H2,1-4H3. The van der Waals surface area contributed by atoms with Gasteiger partial charge in [0, 0.05) is 124 Å². The highest BCUT2D eigenvalue weighted by molar-refractivity contribution is 5.69. The normalized spacial score (nSPS) is 11.6. The zero-order valence-corrected chi connectivity index (χ0v) is 37.5. The van der Waals surface area contributed by atoms with Crippen LogP contribution in [-0.2, 0) is 28.6 Å². The summed E-state index contributed by atoms with van der Waals surface area (Å²) in [5, 5.41) is 9.92. The molecule has 0 saturated heterocycles. The Kier molecular flexibility index (Phi) is 41.3. The van der Waals surface area contributed by atoms with Crippen molar-refractivity contribution in [1.82, 2.24) is 45.3 Å². The van der Waals surface area contributed by atoms with E-state index in [1.54, 1.807) is 0 Å². The van der Waals surface area contributed by atoms with Gasteiger partial charge in [-0.1, -0.05) is 41.5 Å². The van der Waals surface area contributed by atoms with E-state index < -0.39 is 0 Å². The van der Waals surface area contributed by atoms with Crippen molar-refractivity contribution in [2.75, 3.05) is 185 Å². The van der Waals surface area contributed by atoms with Gasteiger partial charge in [0.1, 0.15) is 0 Å². The van der Waals surface area contributed by atoms with Gasteiger partial charge in [-0.15, -0.1) is 0 Å². The number of esters is 3. The predicted octanol–water partition coefficient (Wildman–Crippen LogP) is 0.321. The minimum Gasteiger partial charge on any atom is -0.469 e. The summed E-state index contributed by atoms with van der Waals surface area (Å²) in [5.41, 5.74) is 5.66. The number of nitrogens with one attached hydrogen (secondary N) is 3. The van der Waals surface area contributed by atoms with E-state index in [0.29, 0.717) is 38.9 Å². The maximum Gasteiger partial charge on any atom is 0.306 e. The molecular formula is C40H88N10O6. The summed E-state index contributed by atoms with van der Waals surface area (Å²) in [6.07, 6.45) is 1.27. The Morgan fingerprint density at radius 1 is 0.375 bits per heavy atom. The van der Waals surface area contributed by atoms with E-state index in [2.05, 4.69) is 101 Å². The molecule has 0 aromatic carbocycles. The first kappa shape index (κ1) is 56.1. The molecule has 0 radical (unpaired) electrons. The van der Waals surface area contributed by atoms with E-state index in [1.165, 1.54) is 21.3 Å². The minimum atomic E-state index is -0.170. The summed E-state index contributed by atoms with van der Waals surface area (Å²) in [7, 11) is 4.27. The molecule has 0 unspecified atom stereocenters. The van der Waals surface area contributed by atoms with Gasteiger partial charge < -0.3 is 65.3 Å². The number of nitrogens with two attached hydrogens (primary N) is 1. The highest BCUT2D eigenvalue weighted by Crippen LogP contribution is 1.97.